The fourth-order valence-electron chi connectivity index (χ4n) is 0. The molecule has 0 fully saturated rings. The predicted molar refractivity (Wildman–Crippen MR) is 20.3 cm³/mol. The summed E-state index contributed by atoms with van der Waals surface area (Å²) in [6.07, 6.45) is 2.28. The maximum Gasteiger partial charge on any atom is 0 e. The zero-order chi connectivity index (χ0) is 3.41. The van der Waals surface area contributed by atoms with Gasteiger partial charge in [-0.15, -0.1) is 0 Å². The molecule has 0 aromatic rings. The van der Waals surface area contributed by atoms with E-state index in [1.807, 2.05) is 0 Å². The van der Waals surface area contributed by atoms with E-state index in [2.05, 4.69) is 13.8 Å². The summed E-state index contributed by atoms with van der Waals surface area (Å²) in [5.74, 6) is 0. The number of rotatable bonds is 1. The van der Waals surface area contributed by atoms with E-state index in [4.69, 9.17) is 0 Å². The van der Waals surface area contributed by atoms with Crippen LogP contribution < -0.4 is 0 Å². The van der Waals surface area contributed by atoms with Crippen molar-refractivity contribution in [1.29, 1.82) is 0 Å². The van der Waals surface area contributed by atoms with E-state index in [1.165, 1.54) is 6.42 Å². The van der Waals surface area contributed by atoms with E-state index in [-0.39, 0.29) is 21.1 Å². The van der Waals surface area contributed by atoms with Crippen molar-refractivity contribution in [3.63, 3.8) is 0 Å². The van der Waals surface area contributed by atoms with Crippen LogP contribution in [0.2, 0.25) is 0 Å². The Morgan fingerprint density at radius 2 is 1.80 bits per heavy atom. The van der Waals surface area contributed by atoms with Crippen molar-refractivity contribution in [3.05, 3.63) is 6.92 Å². The number of hydrogen-bond acceptors (Lipinski definition) is 0. The van der Waals surface area contributed by atoms with Crippen molar-refractivity contribution in [3.8, 4) is 0 Å². The van der Waals surface area contributed by atoms with Crippen molar-refractivity contribution in [1.82, 2.24) is 0 Å². The van der Waals surface area contributed by atoms with Gasteiger partial charge in [-0.2, -0.15) is 6.42 Å². The van der Waals surface area contributed by atoms with Gasteiger partial charge >= 0.3 is 0 Å². The largest absolute Gasteiger partial charge is 0.343 e. The van der Waals surface area contributed by atoms with E-state index < -0.39 is 0 Å². The van der Waals surface area contributed by atoms with E-state index in [9.17, 15) is 0 Å². The van der Waals surface area contributed by atoms with Crippen molar-refractivity contribution >= 4 is 0 Å². The van der Waals surface area contributed by atoms with Gasteiger partial charge < -0.3 is 6.92 Å². The average Bonchev–Trinajstić information content (AvgIpc) is 1.37. The molecule has 0 rings (SSSR count). The molecule has 0 N–H and O–H groups in total. The molecule has 0 saturated carbocycles. The van der Waals surface area contributed by atoms with Gasteiger partial charge in [0.2, 0.25) is 0 Å². The van der Waals surface area contributed by atoms with E-state index in [0.29, 0.717) is 0 Å². The second-order valence-corrected chi connectivity index (χ2v) is 0.854. The van der Waals surface area contributed by atoms with Crippen molar-refractivity contribution in [2.24, 2.45) is 0 Å². The van der Waals surface area contributed by atoms with Crippen LogP contribution in [-0.4, -0.2) is 0 Å². The first-order valence-electron chi connectivity index (χ1n) is 1.71. The van der Waals surface area contributed by atoms with Gasteiger partial charge in [-0.3, -0.25) is 0 Å². The van der Waals surface area contributed by atoms with E-state index >= 15 is 0 Å². The summed E-state index contributed by atoms with van der Waals surface area (Å²) in [6, 6.07) is 0. The molecule has 0 unspecified atom stereocenters. The summed E-state index contributed by atoms with van der Waals surface area (Å²) in [5.41, 5.74) is 0. The van der Waals surface area contributed by atoms with Gasteiger partial charge in [-0.05, 0) is 0 Å². The van der Waals surface area contributed by atoms with Crippen LogP contribution in [0.25, 0.3) is 0 Å². The average molecular weight is 252 g/mol. The van der Waals surface area contributed by atoms with Gasteiger partial charge in [0, 0.05) is 21.1 Å². The monoisotopic (exact) mass is 252 g/mol. The topological polar surface area (TPSA) is 0 Å². The smallest absolute Gasteiger partial charge is 0 e. The molecule has 0 atom stereocenters. The SMILES string of the molecule is [CH2-]CCC.[Pt]. The normalized spacial score (nSPS) is 6.00. The van der Waals surface area contributed by atoms with Crippen LogP contribution in [0, 0.1) is 6.92 Å². The molecule has 0 aromatic carbocycles. The van der Waals surface area contributed by atoms with Gasteiger partial charge in [0.1, 0.15) is 0 Å². The molecule has 0 aliphatic heterocycles. The summed E-state index contributed by atoms with van der Waals surface area (Å²) in [5, 5.41) is 0. The minimum absolute atomic E-state index is 0. The molecule has 0 bridgehead atoms. The van der Waals surface area contributed by atoms with Gasteiger partial charge in [0.15, 0.2) is 0 Å². The molecule has 0 amide bonds. The van der Waals surface area contributed by atoms with Crippen LogP contribution >= 0.6 is 0 Å². The maximum atomic E-state index is 3.60. The molecule has 0 spiro atoms. The van der Waals surface area contributed by atoms with Crippen LogP contribution in [0.1, 0.15) is 19.8 Å². The Hall–Kier alpha value is 0.688. The summed E-state index contributed by atoms with van der Waals surface area (Å²) >= 11 is 0. The molecule has 0 heterocycles. The molecule has 5 heavy (non-hydrogen) atoms. The van der Waals surface area contributed by atoms with Crippen LogP contribution in [0.5, 0.6) is 0 Å². The molecule has 0 saturated heterocycles. The Kier molecular flexibility index (Phi) is 16.2. The Balaban J connectivity index is 0. The van der Waals surface area contributed by atoms with E-state index in [0.717, 1.165) is 6.42 Å². The quantitative estimate of drug-likeness (QED) is 0.622. The van der Waals surface area contributed by atoms with Crippen molar-refractivity contribution < 1.29 is 21.1 Å². The van der Waals surface area contributed by atoms with Gasteiger partial charge in [0.05, 0.1) is 0 Å². The van der Waals surface area contributed by atoms with Gasteiger partial charge in [0.25, 0.3) is 0 Å². The second kappa shape index (κ2) is 8.82. The fourth-order valence-corrected chi connectivity index (χ4v) is 0. The Morgan fingerprint density at radius 1 is 1.60 bits per heavy atom. The Morgan fingerprint density at radius 3 is 1.80 bits per heavy atom. The Bertz CT molecular complexity index is 5.61. The minimum atomic E-state index is 0. The van der Waals surface area contributed by atoms with E-state index in [1.54, 1.807) is 0 Å². The van der Waals surface area contributed by atoms with Gasteiger partial charge in [-0.1, -0.05) is 13.3 Å². The number of hydrogen-bond donors (Lipinski definition) is 0. The van der Waals surface area contributed by atoms with Crippen LogP contribution in [0.4, 0.5) is 0 Å². The standard InChI is InChI=1S/C4H9.Pt/c1-3-4-2;/h1,3-4H2,2H3;/q-1;. The van der Waals surface area contributed by atoms with Crippen LogP contribution in [0.15, 0.2) is 0 Å². The molecule has 1 heteroatoms. The summed E-state index contributed by atoms with van der Waals surface area (Å²) in [6.45, 7) is 5.72. The zero-order valence-electron chi connectivity index (χ0n) is 3.44. The molecule has 0 nitrogen and oxygen atoms in total. The summed E-state index contributed by atoms with van der Waals surface area (Å²) < 4.78 is 0. The third-order valence-electron chi connectivity index (χ3n) is 0.354. The molecular formula is C4H9Pt-. The third kappa shape index (κ3) is 11.9. The molecule has 0 radical (unpaired) electrons. The van der Waals surface area contributed by atoms with Crippen molar-refractivity contribution in [2.75, 3.05) is 0 Å². The van der Waals surface area contributed by atoms with Crippen molar-refractivity contribution in [2.45, 2.75) is 19.8 Å². The summed E-state index contributed by atoms with van der Waals surface area (Å²) in [4.78, 5) is 0. The molecular weight excluding hydrogens is 243 g/mol. The fraction of sp³-hybridized carbons (Fsp3) is 0.750. The first kappa shape index (κ1) is 9.19. The maximum absolute atomic E-state index is 3.60. The molecule has 0 aliphatic carbocycles. The second-order valence-electron chi connectivity index (χ2n) is 0.854. The van der Waals surface area contributed by atoms with Gasteiger partial charge in [-0.25, -0.2) is 0 Å². The zero-order valence-corrected chi connectivity index (χ0v) is 5.71. The third-order valence-corrected chi connectivity index (χ3v) is 0.354. The summed E-state index contributed by atoms with van der Waals surface area (Å²) in [7, 11) is 0. The first-order valence-corrected chi connectivity index (χ1v) is 1.71. The minimum Gasteiger partial charge on any atom is -0.343 e. The molecule has 36 valence electrons. The first-order chi connectivity index (χ1) is 1.91. The van der Waals surface area contributed by atoms with Crippen LogP contribution in [0.3, 0.4) is 0 Å². The number of unbranched alkanes of at least 4 members (excludes halogenated alkanes) is 1. The molecule has 0 aliphatic rings. The van der Waals surface area contributed by atoms with Crippen LogP contribution in [-0.2, 0) is 21.1 Å². The predicted octanol–water partition coefficient (Wildman–Crippen LogP) is 1.62. The molecule has 0 aromatic heterocycles. The Labute approximate surface area is 48.2 Å².